The Kier molecular flexibility index (Phi) is 4.00. The minimum atomic E-state index is -0.384. The van der Waals surface area contributed by atoms with Crippen LogP contribution in [0.15, 0.2) is 60.7 Å². The molecule has 0 aliphatic carbocycles. The van der Waals surface area contributed by atoms with Gasteiger partial charge in [0, 0.05) is 28.4 Å². The molecule has 3 nitrogen and oxygen atoms in total. The summed E-state index contributed by atoms with van der Waals surface area (Å²) >= 11 is 0. The third-order valence-electron chi connectivity index (χ3n) is 5.05. The highest BCUT2D eigenvalue weighted by Gasteiger charge is 2.16. The Morgan fingerprint density at radius 3 is 2.50 bits per heavy atom. The minimum Gasteiger partial charge on any atom is -0.366 e. The van der Waals surface area contributed by atoms with Crippen molar-refractivity contribution in [2.75, 3.05) is 0 Å². The standard InChI is InChI=1S/C23H22N2O/c1-3-16-10-11-18-21(13-16)25(14-17-7-4-6-15(2)12-17)20-9-5-8-19(22(18)20)23(24)26/h4-13H,3,14H2,1-2H3,(H2,24,26). The fraction of sp³-hybridized carbons (Fsp3) is 0.174. The molecular weight excluding hydrogens is 320 g/mol. The van der Waals surface area contributed by atoms with Crippen LogP contribution in [0.25, 0.3) is 21.8 Å². The maximum atomic E-state index is 12.0. The second kappa shape index (κ2) is 6.34. The minimum absolute atomic E-state index is 0.384. The number of nitrogens with two attached hydrogens (primary N) is 1. The molecule has 0 aliphatic rings. The lowest BCUT2D eigenvalue weighted by Crippen LogP contribution is -2.11. The number of nitrogens with zero attached hydrogens (tertiary/aromatic N) is 1. The maximum Gasteiger partial charge on any atom is 0.249 e. The van der Waals surface area contributed by atoms with Crippen LogP contribution >= 0.6 is 0 Å². The van der Waals surface area contributed by atoms with Crippen molar-refractivity contribution in [1.29, 1.82) is 0 Å². The van der Waals surface area contributed by atoms with Crippen LogP contribution < -0.4 is 5.73 Å². The van der Waals surface area contributed by atoms with Crippen molar-refractivity contribution < 1.29 is 4.79 Å². The van der Waals surface area contributed by atoms with Crippen LogP contribution in [-0.2, 0) is 13.0 Å². The summed E-state index contributed by atoms with van der Waals surface area (Å²) in [5, 5.41) is 2.03. The number of aryl methyl sites for hydroxylation is 2. The highest BCUT2D eigenvalue weighted by atomic mass is 16.1. The van der Waals surface area contributed by atoms with Gasteiger partial charge in [-0.15, -0.1) is 0 Å². The van der Waals surface area contributed by atoms with Gasteiger partial charge in [-0.1, -0.05) is 55.0 Å². The Morgan fingerprint density at radius 2 is 1.77 bits per heavy atom. The van der Waals surface area contributed by atoms with E-state index in [4.69, 9.17) is 5.73 Å². The zero-order valence-corrected chi connectivity index (χ0v) is 15.1. The van der Waals surface area contributed by atoms with E-state index in [0.29, 0.717) is 5.56 Å². The Hall–Kier alpha value is -3.07. The average Bonchev–Trinajstić information content (AvgIpc) is 2.95. The molecule has 1 heterocycles. The molecule has 0 atom stereocenters. The molecule has 0 saturated heterocycles. The third kappa shape index (κ3) is 2.66. The molecule has 3 aromatic carbocycles. The van der Waals surface area contributed by atoms with E-state index in [-0.39, 0.29) is 5.91 Å². The number of fused-ring (bicyclic) bond motifs is 3. The molecule has 130 valence electrons. The molecule has 1 amide bonds. The smallest absolute Gasteiger partial charge is 0.249 e. The van der Waals surface area contributed by atoms with Gasteiger partial charge in [-0.3, -0.25) is 4.79 Å². The summed E-state index contributed by atoms with van der Waals surface area (Å²) in [6.07, 6.45) is 0.977. The summed E-state index contributed by atoms with van der Waals surface area (Å²) in [5.41, 5.74) is 12.2. The van der Waals surface area contributed by atoms with Crippen LogP contribution in [0.1, 0.15) is 34.0 Å². The van der Waals surface area contributed by atoms with Gasteiger partial charge in [0.25, 0.3) is 0 Å². The zero-order valence-electron chi connectivity index (χ0n) is 15.1. The summed E-state index contributed by atoms with van der Waals surface area (Å²) in [4.78, 5) is 12.0. The number of amides is 1. The molecule has 26 heavy (non-hydrogen) atoms. The molecule has 4 rings (SSSR count). The van der Waals surface area contributed by atoms with Crippen LogP contribution in [0.3, 0.4) is 0 Å². The summed E-state index contributed by atoms with van der Waals surface area (Å²) in [7, 11) is 0. The molecule has 0 saturated carbocycles. The number of hydrogen-bond donors (Lipinski definition) is 1. The largest absolute Gasteiger partial charge is 0.366 e. The highest BCUT2D eigenvalue weighted by Crippen LogP contribution is 2.33. The molecule has 2 N–H and O–H groups in total. The Balaban J connectivity index is 2.05. The summed E-state index contributed by atoms with van der Waals surface area (Å²) in [6.45, 7) is 5.02. The van der Waals surface area contributed by atoms with Crippen LogP contribution in [0.2, 0.25) is 0 Å². The average molecular weight is 342 g/mol. The molecule has 0 aliphatic heterocycles. The monoisotopic (exact) mass is 342 g/mol. The van der Waals surface area contributed by atoms with E-state index >= 15 is 0 Å². The number of rotatable bonds is 4. The number of aromatic nitrogens is 1. The van der Waals surface area contributed by atoms with Gasteiger partial charge in [0.15, 0.2) is 0 Å². The fourth-order valence-electron chi connectivity index (χ4n) is 3.78. The first-order valence-electron chi connectivity index (χ1n) is 8.97. The van der Waals surface area contributed by atoms with Gasteiger partial charge in [0.2, 0.25) is 5.91 Å². The lowest BCUT2D eigenvalue weighted by molar-refractivity contribution is 0.100. The van der Waals surface area contributed by atoms with Crippen molar-refractivity contribution in [2.45, 2.75) is 26.8 Å². The normalized spacial score (nSPS) is 11.3. The van der Waals surface area contributed by atoms with Crippen molar-refractivity contribution in [3.05, 3.63) is 82.9 Å². The SMILES string of the molecule is CCc1ccc2c3c(C(N)=O)cccc3n(Cc3cccc(C)c3)c2c1. The molecule has 4 aromatic rings. The number of hydrogen-bond acceptors (Lipinski definition) is 1. The Morgan fingerprint density at radius 1 is 0.962 bits per heavy atom. The predicted octanol–water partition coefficient (Wildman–Crippen LogP) is 4.81. The first kappa shape index (κ1) is 16.4. The predicted molar refractivity (Wildman–Crippen MR) is 108 cm³/mol. The number of benzene rings is 3. The number of primary amides is 1. The van der Waals surface area contributed by atoms with Crippen LogP contribution in [0.4, 0.5) is 0 Å². The molecule has 0 bridgehead atoms. The molecule has 0 fully saturated rings. The number of carbonyl (C=O) groups is 1. The third-order valence-corrected chi connectivity index (χ3v) is 5.05. The van der Waals surface area contributed by atoms with Gasteiger partial charge in [0.05, 0.1) is 5.52 Å². The molecule has 0 spiro atoms. The quantitative estimate of drug-likeness (QED) is 0.568. The highest BCUT2D eigenvalue weighted by molar-refractivity contribution is 6.17. The molecule has 1 aromatic heterocycles. The molecule has 3 heteroatoms. The van der Waals surface area contributed by atoms with Crippen molar-refractivity contribution >= 4 is 27.7 Å². The summed E-state index contributed by atoms with van der Waals surface area (Å²) in [5.74, 6) is -0.384. The first-order chi connectivity index (χ1) is 12.6. The van der Waals surface area contributed by atoms with E-state index in [2.05, 4.69) is 66.9 Å². The number of carbonyl (C=O) groups excluding carboxylic acids is 1. The van der Waals surface area contributed by atoms with Gasteiger partial charge in [-0.05, 0) is 42.7 Å². The summed E-state index contributed by atoms with van der Waals surface area (Å²) < 4.78 is 2.30. The van der Waals surface area contributed by atoms with E-state index in [0.717, 1.165) is 34.8 Å². The van der Waals surface area contributed by atoms with E-state index < -0.39 is 0 Å². The van der Waals surface area contributed by atoms with Gasteiger partial charge in [0.1, 0.15) is 0 Å². The lowest BCUT2D eigenvalue weighted by atomic mass is 10.0. The van der Waals surface area contributed by atoms with Crippen molar-refractivity contribution in [3.63, 3.8) is 0 Å². The van der Waals surface area contributed by atoms with Gasteiger partial charge < -0.3 is 10.3 Å². The molecular formula is C23H22N2O. The first-order valence-corrected chi connectivity index (χ1v) is 8.97. The fourth-order valence-corrected chi connectivity index (χ4v) is 3.78. The second-order valence-electron chi connectivity index (χ2n) is 6.84. The summed E-state index contributed by atoms with van der Waals surface area (Å²) in [6, 6.07) is 20.8. The molecule has 0 radical (unpaired) electrons. The van der Waals surface area contributed by atoms with Crippen LogP contribution in [-0.4, -0.2) is 10.5 Å². The Bertz CT molecular complexity index is 1140. The van der Waals surface area contributed by atoms with Gasteiger partial charge in [-0.2, -0.15) is 0 Å². The van der Waals surface area contributed by atoms with Crippen LogP contribution in [0.5, 0.6) is 0 Å². The topological polar surface area (TPSA) is 48.0 Å². The van der Waals surface area contributed by atoms with Gasteiger partial charge in [-0.25, -0.2) is 0 Å². The van der Waals surface area contributed by atoms with E-state index in [1.54, 1.807) is 0 Å². The van der Waals surface area contributed by atoms with E-state index in [1.165, 1.54) is 16.7 Å². The van der Waals surface area contributed by atoms with E-state index in [1.807, 2.05) is 12.1 Å². The second-order valence-corrected chi connectivity index (χ2v) is 6.84. The zero-order chi connectivity index (χ0) is 18.3. The van der Waals surface area contributed by atoms with E-state index in [9.17, 15) is 4.79 Å². The lowest BCUT2D eigenvalue weighted by Gasteiger charge is -2.09. The van der Waals surface area contributed by atoms with Crippen LogP contribution in [0, 0.1) is 6.92 Å². The van der Waals surface area contributed by atoms with Crippen molar-refractivity contribution in [2.24, 2.45) is 5.73 Å². The van der Waals surface area contributed by atoms with Crippen molar-refractivity contribution in [1.82, 2.24) is 4.57 Å². The van der Waals surface area contributed by atoms with Gasteiger partial charge >= 0.3 is 0 Å². The molecule has 0 unspecified atom stereocenters. The van der Waals surface area contributed by atoms with Crippen molar-refractivity contribution in [3.8, 4) is 0 Å². The maximum absolute atomic E-state index is 12.0. The Labute approximate surface area is 153 Å².